The van der Waals surface area contributed by atoms with Gasteiger partial charge in [0.1, 0.15) is 19.0 Å². The van der Waals surface area contributed by atoms with Gasteiger partial charge in [-0.1, -0.05) is 73.5 Å². The maximum atomic E-state index is 12.1. The molecule has 244 valence electrons. The molecule has 0 bridgehead atoms. The normalized spacial score (nSPS) is 11.6. The van der Waals surface area contributed by atoms with E-state index in [1.165, 1.54) is 11.8 Å². The van der Waals surface area contributed by atoms with Crippen molar-refractivity contribution in [1.29, 1.82) is 0 Å². The van der Waals surface area contributed by atoms with E-state index in [1.54, 1.807) is 11.5 Å². The maximum absolute atomic E-state index is 12.1. The van der Waals surface area contributed by atoms with E-state index in [4.69, 9.17) is 21.1 Å². The molecule has 17 heteroatoms. The molecule has 0 aliphatic carbocycles. The van der Waals surface area contributed by atoms with Gasteiger partial charge in [-0.15, -0.1) is 25.1 Å². The van der Waals surface area contributed by atoms with Crippen LogP contribution in [0.4, 0.5) is 4.79 Å². The van der Waals surface area contributed by atoms with E-state index in [9.17, 15) is 24.8 Å². The van der Waals surface area contributed by atoms with Gasteiger partial charge in [-0.25, -0.2) is 14.6 Å². The number of carboxylic acid groups (broad SMARTS) is 1. The van der Waals surface area contributed by atoms with Gasteiger partial charge in [-0.2, -0.15) is 11.8 Å². The van der Waals surface area contributed by atoms with Gasteiger partial charge < -0.3 is 24.0 Å². The van der Waals surface area contributed by atoms with Crippen LogP contribution in [0.5, 0.6) is 0 Å². The Balaban J connectivity index is 1.40. The highest BCUT2D eigenvalue weighted by molar-refractivity contribution is 7.99. The summed E-state index contributed by atoms with van der Waals surface area (Å²) in [5, 5.41) is 31.6. The van der Waals surface area contributed by atoms with Gasteiger partial charge in [0, 0.05) is 30.0 Å². The number of tetrazole rings is 1. The van der Waals surface area contributed by atoms with Crippen molar-refractivity contribution in [3.63, 3.8) is 0 Å². The Hall–Kier alpha value is -4.70. The predicted octanol–water partition coefficient (Wildman–Crippen LogP) is 5.56. The molecular formula is C29H32ClN7O8S. The quantitative estimate of drug-likeness (QED) is 0.0636. The number of hydrogen-bond acceptors (Lipinski definition) is 12. The summed E-state index contributed by atoms with van der Waals surface area (Å²) in [6.07, 6.45) is 0.604. The zero-order valence-electron chi connectivity index (χ0n) is 25.1. The Kier molecular flexibility index (Phi) is 12.3. The van der Waals surface area contributed by atoms with Crippen molar-refractivity contribution in [2.45, 2.75) is 45.9 Å². The zero-order valence-corrected chi connectivity index (χ0v) is 26.6. The number of carbonyl (C=O) groups is 2. The molecule has 4 aromatic rings. The van der Waals surface area contributed by atoms with Gasteiger partial charge in [-0.05, 0) is 35.2 Å². The van der Waals surface area contributed by atoms with Crippen molar-refractivity contribution >= 4 is 35.5 Å². The molecule has 1 unspecified atom stereocenters. The summed E-state index contributed by atoms with van der Waals surface area (Å²) in [4.78, 5) is 43.8. The number of hydrogen-bond donors (Lipinski definition) is 1. The number of imidazole rings is 1. The van der Waals surface area contributed by atoms with Crippen LogP contribution in [0.3, 0.4) is 0 Å². The van der Waals surface area contributed by atoms with Crippen LogP contribution >= 0.6 is 23.4 Å². The molecule has 1 N–H and O–H groups in total. The number of aromatic carboxylic acids is 1. The van der Waals surface area contributed by atoms with E-state index >= 15 is 0 Å². The fourth-order valence-electron chi connectivity index (χ4n) is 4.43. The number of benzene rings is 2. The molecule has 0 aliphatic heterocycles. The van der Waals surface area contributed by atoms with Gasteiger partial charge >= 0.3 is 12.1 Å². The number of nitrogens with zero attached hydrogens (tertiary/aromatic N) is 7. The lowest BCUT2D eigenvalue weighted by atomic mass is 9.98. The fourth-order valence-corrected chi connectivity index (χ4v) is 5.31. The van der Waals surface area contributed by atoms with Crippen molar-refractivity contribution < 1.29 is 34.1 Å². The van der Waals surface area contributed by atoms with Crippen molar-refractivity contribution in [2.24, 2.45) is 0 Å². The van der Waals surface area contributed by atoms with Crippen LogP contribution in [-0.4, -0.2) is 76.8 Å². The molecule has 2 heterocycles. The summed E-state index contributed by atoms with van der Waals surface area (Å²) in [5.74, 6) is 0.613. The number of aryl methyl sites for hydroxylation is 1. The third-order valence-corrected chi connectivity index (χ3v) is 7.80. The van der Waals surface area contributed by atoms with E-state index in [0.29, 0.717) is 41.7 Å². The third-order valence-electron chi connectivity index (χ3n) is 6.63. The lowest BCUT2D eigenvalue weighted by molar-refractivity contribution is -0.756. The van der Waals surface area contributed by atoms with Crippen molar-refractivity contribution in [3.05, 3.63) is 80.9 Å². The number of halogens is 1. The molecule has 4 rings (SSSR count). The highest BCUT2D eigenvalue weighted by Crippen LogP contribution is 2.31. The number of carbonyl (C=O) groups excluding carboxylic acids is 1. The smallest absolute Gasteiger partial charge is 0.476 e. The molecule has 0 fully saturated rings. The molecule has 46 heavy (non-hydrogen) atoms. The van der Waals surface area contributed by atoms with E-state index < -0.39 is 23.4 Å². The van der Waals surface area contributed by atoms with Crippen molar-refractivity contribution in [3.8, 4) is 22.5 Å². The largest absolute Gasteiger partial charge is 0.510 e. The first-order valence-corrected chi connectivity index (χ1v) is 15.9. The molecule has 0 radical (unpaired) electrons. The number of rotatable bonds is 17. The molecule has 2 aromatic carbocycles. The van der Waals surface area contributed by atoms with E-state index in [-0.39, 0.29) is 24.1 Å². The van der Waals surface area contributed by atoms with E-state index in [2.05, 4.69) is 32.2 Å². The second kappa shape index (κ2) is 16.6. The third kappa shape index (κ3) is 9.17. The molecule has 0 saturated carbocycles. The van der Waals surface area contributed by atoms with Crippen LogP contribution in [0.15, 0.2) is 48.5 Å². The van der Waals surface area contributed by atoms with E-state index in [0.717, 1.165) is 34.3 Å². The Morgan fingerprint density at radius 1 is 1.11 bits per heavy atom. The molecule has 0 amide bonds. The topological polar surface area (TPSA) is 187 Å². The van der Waals surface area contributed by atoms with Gasteiger partial charge in [-0.3, -0.25) is 0 Å². The molecule has 2 aromatic heterocycles. The number of aromatic nitrogens is 6. The first-order chi connectivity index (χ1) is 22.2. The van der Waals surface area contributed by atoms with Crippen LogP contribution in [0.1, 0.15) is 54.8 Å². The minimum atomic E-state index is -1.13. The Morgan fingerprint density at radius 3 is 2.52 bits per heavy atom. The van der Waals surface area contributed by atoms with Crippen molar-refractivity contribution in [1.82, 2.24) is 29.8 Å². The van der Waals surface area contributed by atoms with Gasteiger partial charge in [0.25, 0.3) is 5.09 Å². The van der Waals surface area contributed by atoms with Crippen LogP contribution in [0, 0.1) is 10.1 Å². The molecule has 0 saturated heterocycles. The standard InChI is InChI=1S/C29H32ClN7O8S/c1-3-4-9-24-31-26(30)25(28(38)39)35(24)18-20-10-12-21(13-11-20)22-7-5-6-8-23(22)27-32-34-36(33-27)19(2)45-29(40)43-14-16-46-17-15-44-37(41)42/h5-8,10-13,19H,3-4,9,14-18H2,1-2H3,(H,38,39). The minimum absolute atomic E-state index is 0.0179. The Bertz CT molecular complexity index is 1650. The second-order valence-corrected chi connectivity index (χ2v) is 11.4. The predicted molar refractivity (Wildman–Crippen MR) is 168 cm³/mol. The summed E-state index contributed by atoms with van der Waals surface area (Å²) < 4.78 is 11.9. The van der Waals surface area contributed by atoms with Crippen LogP contribution in [-0.2, 0) is 27.3 Å². The average Bonchev–Trinajstić information content (AvgIpc) is 3.64. The lowest BCUT2D eigenvalue weighted by Crippen LogP contribution is -2.19. The lowest BCUT2D eigenvalue weighted by Gasteiger charge is -2.12. The summed E-state index contributed by atoms with van der Waals surface area (Å²) in [7, 11) is 0. The SMILES string of the molecule is CCCCc1nc(Cl)c(C(=O)O)n1Cc1ccc(-c2ccccc2-c2nnn(C(C)OC(=O)OCCSCCO[N+](=O)[O-])n2)cc1. The number of carboxylic acids is 1. The van der Waals surface area contributed by atoms with Gasteiger partial charge in [0.2, 0.25) is 12.1 Å². The molecule has 1 atom stereocenters. The monoisotopic (exact) mass is 673 g/mol. The van der Waals surface area contributed by atoms with E-state index in [1.807, 2.05) is 48.5 Å². The Morgan fingerprint density at radius 2 is 1.83 bits per heavy atom. The Labute approximate surface area is 272 Å². The van der Waals surface area contributed by atoms with Crippen LogP contribution in [0.25, 0.3) is 22.5 Å². The van der Waals surface area contributed by atoms with Crippen LogP contribution in [0.2, 0.25) is 5.15 Å². The molecule has 0 spiro atoms. The summed E-state index contributed by atoms with van der Waals surface area (Å²) >= 11 is 7.51. The molecule has 0 aliphatic rings. The average molecular weight is 674 g/mol. The summed E-state index contributed by atoms with van der Waals surface area (Å²) in [6, 6.07) is 15.2. The van der Waals surface area contributed by atoms with Gasteiger partial charge in [0.05, 0.1) is 0 Å². The molecular weight excluding hydrogens is 642 g/mol. The number of thioether (sulfide) groups is 1. The number of unbranched alkanes of at least 4 members (excludes halogenated alkanes) is 1. The summed E-state index contributed by atoms with van der Waals surface area (Å²) in [5.41, 5.74) is 3.26. The maximum Gasteiger partial charge on any atom is 0.510 e. The molecule has 15 nitrogen and oxygen atoms in total. The zero-order chi connectivity index (χ0) is 33.1. The highest BCUT2D eigenvalue weighted by Gasteiger charge is 2.22. The first kappa shape index (κ1) is 34.2. The van der Waals surface area contributed by atoms with Crippen LogP contribution < -0.4 is 0 Å². The van der Waals surface area contributed by atoms with Crippen molar-refractivity contribution in [2.75, 3.05) is 24.7 Å². The fraction of sp³-hybridized carbons (Fsp3) is 0.379. The second-order valence-electron chi connectivity index (χ2n) is 9.82. The van der Waals surface area contributed by atoms with Gasteiger partial charge in [0.15, 0.2) is 10.8 Å². The first-order valence-electron chi connectivity index (χ1n) is 14.3. The highest BCUT2D eigenvalue weighted by atomic mass is 35.5. The minimum Gasteiger partial charge on any atom is -0.476 e. The summed E-state index contributed by atoms with van der Waals surface area (Å²) in [6.45, 7) is 3.92. The number of ether oxygens (including phenoxy) is 2.